The standard InChI is InChI=1S/C8H9F3N2O2S/c1-15-6(14)5-4-13-7(16-5)12-3-2-8(9,10)11/h4H,2-3H2,1H3,(H,12,13). The highest BCUT2D eigenvalue weighted by Gasteiger charge is 2.26. The number of carbonyl (C=O) groups excluding carboxylic acids is 1. The Bertz CT molecular complexity index is 364. The Balaban J connectivity index is 2.44. The van der Waals surface area contributed by atoms with Crippen LogP contribution in [0.3, 0.4) is 0 Å². The first kappa shape index (κ1) is 12.8. The largest absolute Gasteiger partial charge is 0.465 e. The zero-order chi connectivity index (χ0) is 12.2. The second-order valence-corrected chi connectivity index (χ2v) is 3.84. The Labute approximate surface area is 93.4 Å². The number of carbonyl (C=O) groups is 1. The molecule has 0 amide bonds. The molecule has 0 spiro atoms. The Morgan fingerprint density at radius 1 is 1.62 bits per heavy atom. The van der Waals surface area contributed by atoms with E-state index >= 15 is 0 Å². The van der Waals surface area contributed by atoms with Crippen molar-refractivity contribution in [3.8, 4) is 0 Å². The van der Waals surface area contributed by atoms with Crippen molar-refractivity contribution in [3.63, 3.8) is 0 Å². The zero-order valence-electron chi connectivity index (χ0n) is 8.30. The van der Waals surface area contributed by atoms with Gasteiger partial charge in [-0.15, -0.1) is 0 Å². The van der Waals surface area contributed by atoms with Gasteiger partial charge in [0.15, 0.2) is 5.13 Å². The molecule has 1 heterocycles. The summed E-state index contributed by atoms with van der Waals surface area (Å²) in [6.45, 7) is -0.266. The maximum Gasteiger partial charge on any atom is 0.390 e. The fourth-order valence-electron chi connectivity index (χ4n) is 0.862. The number of nitrogens with one attached hydrogen (secondary N) is 1. The van der Waals surface area contributed by atoms with Crippen molar-refractivity contribution >= 4 is 22.4 Å². The molecule has 0 radical (unpaired) electrons. The van der Waals surface area contributed by atoms with Crippen LogP contribution in [0.2, 0.25) is 0 Å². The van der Waals surface area contributed by atoms with Gasteiger partial charge in [0.25, 0.3) is 0 Å². The van der Waals surface area contributed by atoms with Crippen LogP contribution < -0.4 is 5.32 Å². The predicted octanol–water partition coefficient (Wildman–Crippen LogP) is 2.29. The number of rotatable bonds is 4. The number of alkyl halides is 3. The molecular weight excluding hydrogens is 245 g/mol. The molecule has 1 rings (SSSR count). The molecule has 16 heavy (non-hydrogen) atoms. The van der Waals surface area contributed by atoms with Crippen LogP contribution >= 0.6 is 11.3 Å². The summed E-state index contributed by atoms with van der Waals surface area (Å²) in [4.78, 5) is 15.0. The van der Waals surface area contributed by atoms with E-state index in [1.54, 1.807) is 0 Å². The number of hydrogen-bond donors (Lipinski definition) is 1. The SMILES string of the molecule is COC(=O)c1cnc(NCCC(F)(F)F)s1. The lowest BCUT2D eigenvalue weighted by atomic mass is 10.4. The van der Waals surface area contributed by atoms with Crippen LogP contribution in [0.15, 0.2) is 6.20 Å². The van der Waals surface area contributed by atoms with E-state index in [0.717, 1.165) is 11.3 Å². The third kappa shape index (κ3) is 4.05. The minimum Gasteiger partial charge on any atom is -0.465 e. The summed E-state index contributed by atoms with van der Waals surface area (Å²) >= 11 is 0.952. The van der Waals surface area contributed by atoms with E-state index in [1.165, 1.54) is 13.3 Å². The number of esters is 1. The van der Waals surface area contributed by atoms with Crippen molar-refractivity contribution in [1.82, 2.24) is 4.98 Å². The molecule has 90 valence electrons. The van der Waals surface area contributed by atoms with Crippen molar-refractivity contribution in [3.05, 3.63) is 11.1 Å². The summed E-state index contributed by atoms with van der Waals surface area (Å²) in [5.74, 6) is -0.554. The van der Waals surface area contributed by atoms with Gasteiger partial charge in [0, 0.05) is 6.54 Å². The molecule has 0 aromatic carbocycles. The first-order valence-corrected chi connectivity index (χ1v) is 5.09. The summed E-state index contributed by atoms with van der Waals surface area (Å²) < 4.78 is 39.9. The van der Waals surface area contributed by atoms with Crippen molar-refractivity contribution in [2.45, 2.75) is 12.6 Å². The minimum absolute atomic E-state index is 0.247. The molecular formula is C8H9F3N2O2S. The van der Waals surface area contributed by atoms with E-state index < -0.39 is 18.6 Å². The number of hydrogen-bond acceptors (Lipinski definition) is 5. The summed E-state index contributed by atoms with van der Waals surface area (Å²) in [5, 5.41) is 2.75. The zero-order valence-corrected chi connectivity index (χ0v) is 9.11. The van der Waals surface area contributed by atoms with Gasteiger partial charge in [0.05, 0.1) is 19.7 Å². The summed E-state index contributed by atoms with van der Waals surface area (Å²) in [5.41, 5.74) is 0. The highest BCUT2D eigenvalue weighted by Crippen LogP contribution is 2.22. The van der Waals surface area contributed by atoms with Gasteiger partial charge in [-0.3, -0.25) is 0 Å². The second kappa shape index (κ2) is 5.15. The van der Waals surface area contributed by atoms with Gasteiger partial charge in [-0.2, -0.15) is 13.2 Å². The smallest absolute Gasteiger partial charge is 0.390 e. The van der Waals surface area contributed by atoms with Crippen LogP contribution in [-0.2, 0) is 4.74 Å². The van der Waals surface area contributed by atoms with Crippen LogP contribution in [0.4, 0.5) is 18.3 Å². The van der Waals surface area contributed by atoms with E-state index in [0.29, 0.717) is 0 Å². The van der Waals surface area contributed by atoms with Crippen LogP contribution in [-0.4, -0.2) is 30.8 Å². The second-order valence-electron chi connectivity index (χ2n) is 2.81. The van der Waals surface area contributed by atoms with E-state index in [-0.39, 0.29) is 16.6 Å². The van der Waals surface area contributed by atoms with Crippen LogP contribution in [0.1, 0.15) is 16.1 Å². The lowest BCUT2D eigenvalue weighted by Gasteiger charge is -2.05. The van der Waals surface area contributed by atoms with Crippen molar-refractivity contribution in [1.29, 1.82) is 0 Å². The molecule has 0 aliphatic rings. The Hall–Kier alpha value is -1.31. The molecule has 0 fully saturated rings. The first-order valence-electron chi connectivity index (χ1n) is 4.27. The van der Waals surface area contributed by atoms with Crippen LogP contribution in [0.25, 0.3) is 0 Å². The molecule has 1 N–H and O–H groups in total. The summed E-state index contributed by atoms with van der Waals surface area (Å²) in [6, 6.07) is 0. The minimum atomic E-state index is -4.20. The van der Waals surface area contributed by atoms with E-state index in [4.69, 9.17) is 0 Å². The molecule has 0 saturated heterocycles. The fraction of sp³-hybridized carbons (Fsp3) is 0.500. The first-order chi connectivity index (χ1) is 7.42. The molecule has 4 nitrogen and oxygen atoms in total. The third-order valence-corrected chi connectivity index (χ3v) is 2.51. The van der Waals surface area contributed by atoms with Gasteiger partial charge in [-0.25, -0.2) is 9.78 Å². The van der Waals surface area contributed by atoms with Gasteiger partial charge in [0.2, 0.25) is 0 Å². The molecule has 0 saturated carbocycles. The highest BCUT2D eigenvalue weighted by molar-refractivity contribution is 7.17. The molecule has 1 aromatic heterocycles. The van der Waals surface area contributed by atoms with Gasteiger partial charge in [-0.05, 0) is 0 Å². The Morgan fingerprint density at radius 3 is 2.88 bits per heavy atom. The fourth-order valence-corrected chi connectivity index (χ4v) is 1.62. The van der Waals surface area contributed by atoms with Gasteiger partial charge < -0.3 is 10.1 Å². The van der Waals surface area contributed by atoms with Gasteiger partial charge in [-0.1, -0.05) is 11.3 Å². The van der Waals surface area contributed by atoms with E-state index in [1.807, 2.05) is 0 Å². The molecule has 0 unspecified atom stereocenters. The number of thiazole rings is 1. The highest BCUT2D eigenvalue weighted by atomic mass is 32.1. The lowest BCUT2D eigenvalue weighted by Crippen LogP contribution is -2.14. The summed E-state index contributed by atoms with van der Waals surface area (Å²) in [7, 11) is 1.22. The molecule has 8 heteroatoms. The number of methoxy groups -OCH3 is 1. The summed E-state index contributed by atoms with van der Waals surface area (Å²) in [6.07, 6.45) is -3.89. The molecule has 0 aliphatic heterocycles. The van der Waals surface area contributed by atoms with Crippen molar-refractivity contribution in [2.24, 2.45) is 0 Å². The van der Waals surface area contributed by atoms with Crippen LogP contribution in [0.5, 0.6) is 0 Å². The predicted molar refractivity (Wildman–Crippen MR) is 52.6 cm³/mol. The molecule has 0 bridgehead atoms. The topological polar surface area (TPSA) is 51.2 Å². The third-order valence-electron chi connectivity index (χ3n) is 1.58. The Kier molecular flexibility index (Phi) is 4.11. The quantitative estimate of drug-likeness (QED) is 0.837. The monoisotopic (exact) mass is 254 g/mol. The lowest BCUT2D eigenvalue weighted by molar-refractivity contribution is -0.131. The molecule has 0 atom stereocenters. The van der Waals surface area contributed by atoms with E-state index in [9.17, 15) is 18.0 Å². The average Bonchev–Trinajstić information content (AvgIpc) is 2.63. The number of ether oxygens (including phenoxy) is 1. The number of halogens is 3. The average molecular weight is 254 g/mol. The molecule has 0 aliphatic carbocycles. The maximum atomic E-state index is 11.8. The van der Waals surface area contributed by atoms with Gasteiger partial charge >= 0.3 is 12.1 Å². The van der Waals surface area contributed by atoms with Crippen molar-refractivity contribution in [2.75, 3.05) is 19.0 Å². The van der Waals surface area contributed by atoms with Crippen molar-refractivity contribution < 1.29 is 22.7 Å². The normalized spacial score (nSPS) is 11.2. The van der Waals surface area contributed by atoms with E-state index in [2.05, 4.69) is 15.0 Å². The van der Waals surface area contributed by atoms with Gasteiger partial charge in [0.1, 0.15) is 4.88 Å². The molecule has 1 aromatic rings. The Morgan fingerprint density at radius 2 is 2.31 bits per heavy atom. The number of anilines is 1. The number of aromatic nitrogens is 1. The van der Waals surface area contributed by atoms with Crippen LogP contribution in [0, 0.1) is 0 Å². The maximum absolute atomic E-state index is 11.8. The number of nitrogens with zero attached hydrogens (tertiary/aromatic N) is 1.